The molecular weight excluding hydrogens is 492 g/mol. The van der Waals surface area contributed by atoms with Gasteiger partial charge < -0.3 is 15.5 Å². The summed E-state index contributed by atoms with van der Waals surface area (Å²) >= 11 is 1.60. The molecule has 0 radical (unpaired) electrons. The summed E-state index contributed by atoms with van der Waals surface area (Å²) in [5.74, 6) is 0.436. The number of hydrogen-bond acceptors (Lipinski definition) is 5. The average Bonchev–Trinajstić information content (AvgIpc) is 3.42. The summed E-state index contributed by atoms with van der Waals surface area (Å²) in [5.41, 5.74) is 6.03. The molecule has 6 rings (SSSR count). The summed E-state index contributed by atoms with van der Waals surface area (Å²) in [7, 11) is 0. The molecule has 2 amide bonds. The highest BCUT2D eigenvalue weighted by molar-refractivity contribution is 7.13. The van der Waals surface area contributed by atoms with E-state index in [0.717, 1.165) is 38.8 Å². The van der Waals surface area contributed by atoms with Gasteiger partial charge in [0.25, 0.3) is 11.8 Å². The molecule has 0 fully saturated rings. The lowest BCUT2D eigenvalue weighted by molar-refractivity contribution is 0.0983. The van der Waals surface area contributed by atoms with Crippen molar-refractivity contribution in [3.63, 3.8) is 0 Å². The SMILES string of the molecule is Cc1cc(NC(=O)c2ccccc2-c2cccs2)ccc1C(=O)N1Cc2cccnc2Nc2ccccc21. The zero-order valence-corrected chi connectivity index (χ0v) is 21.5. The standard InChI is InChI=1S/C31H24N4O2S/c1-20-18-22(33-30(36)25-10-3-2-9-24(25)28-13-7-17-38-28)14-15-23(20)31(37)35-19-21-8-6-16-32-29(21)34-26-11-4-5-12-27(26)35/h2-18H,19H2,1H3,(H,32,34)(H,33,36). The number of anilines is 4. The molecule has 2 N–H and O–H groups in total. The van der Waals surface area contributed by atoms with Crippen LogP contribution in [0.5, 0.6) is 0 Å². The smallest absolute Gasteiger partial charge is 0.258 e. The number of nitrogens with zero attached hydrogens (tertiary/aromatic N) is 2. The van der Waals surface area contributed by atoms with Gasteiger partial charge in [0.1, 0.15) is 5.82 Å². The van der Waals surface area contributed by atoms with Crippen LogP contribution in [0.4, 0.5) is 22.9 Å². The first-order valence-corrected chi connectivity index (χ1v) is 13.1. The third-order valence-electron chi connectivity index (χ3n) is 6.59. The lowest BCUT2D eigenvalue weighted by atomic mass is 10.0. The topological polar surface area (TPSA) is 74.3 Å². The zero-order chi connectivity index (χ0) is 26.1. The van der Waals surface area contributed by atoms with Crippen LogP contribution in [0.1, 0.15) is 31.8 Å². The fourth-order valence-electron chi connectivity index (χ4n) is 4.71. The summed E-state index contributed by atoms with van der Waals surface area (Å²) in [6.45, 7) is 2.28. The maximum absolute atomic E-state index is 13.9. The monoisotopic (exact) mass is 516 g/mol. The van der Waals surface area contributed by atoms with Crippen LogP contribution in [0.2, 0.25) is 0 Å². The summed E-state index contributed by atoms with van der Waals surface area (Å²) in [6, 6.07) is 28.5. The second-order valence-electron chi connectivity index (χ2n) is 9.05. The van der Waals surface area contributed by atoms with Crippen LogP contribution in [0.25, 0.3) is 10.4 Å². The van der Waals surface area contributed by atoms with Gasteiger partial charge in [-0.05, 0) is 66.4 Å². The first kappa shape index (κ1) is 23.6. The average molecular weight is 517 g/mol. The number of thiophene rings is 1. The molecule has 3 aromatic carbocycles. The van der Waals surface area contributed by atoms with Crippen LogP contribution < -0.4 is 15.5 Å². The van der Waals surface area contributed by atoms with Gasteiger partial charge in [0.2, 0.25) is 0 Å². The van der Waals surface area contributed by atoms with E-state index in [1.807, 2.05) is 91.2 Å². The minimum absolute atomic E-state index is 0.116. The highest BCUT2D eigenvalue weighted by atomic mass is 32.1. The number of pyridine rings is 1. The van der Waals surface area contributed by atoms with Crippen molar-refractivity contribution in [1.29, 1.82) is 0 Å². The molecular formula is C31H24N4O2S. The number of aromatic nitrogens is 1. The fraction of sp³-hybridized carbons (Fsp3) is 0.0645. The van der Waals surface area contributed by atoms with E-state index in [9.17, 15) is 9.59 Å². The van der Waals surface area contributed by atoms with E-state index in [1.54, 1.807) is 34.6 Å². The molecule has 2 aromatic heterocycles. The minimum Gasteiger partial charge on any atom is -0.338 e. The van der Waals surface area contributed by atoms with Gasteiger partial charge in [-0.1, -0.05) is 42.5 Å². The Morgan fingerprint density at radius 2 is 1.76 bits per heavy atom. The highest BCUT2D eigenvalue weighted by Crippen LogP contribution is 2.36. The van der Waals surface area contributed by atoms with E-state index in [4.69, 9.17) is 0 Å². The molecule has 7 heteroatoms. The Morgan fingerprint density at radius 1 is 0.921 bits per heavy atom. The predicted octanol–water partition coefficient (Wildman–Crippen LogP) is 7.27. The van der Waals surface area contributed by atoms with Gasteiger partial charge in [-0.3, -0.25) is 9.59 Å². The summed E-state index contributed by atoms with van der Waals surface area (Å²) in [6.07, 6.45) is 1.74. The van der Waals surface area contributed by atoms with Crippen molar-refractivity contribution in [2.24, 2.45) is 0 Å². The lowest BCUT2D eigenvalue weighted by Gasteiger charge is -2.23. The summed E-state index contributed by atoms with van der Waals surface area (Å²) in [4.78, 5) is 34.3. The molecule has 186 valence electrons. The van der Waals surface area contributed by atoms with Crippen LogP contribution in [0, 0.1) is 6.92 Å². The van der Waals surface area contributed by atoms with Crippen molar-refractivity contribution >= 4 is 46.0 Å². The molecule has 38 heavy (non-hydrogen) atoms. The molecule has 0 aliphatic carbocycles. The van der Waals surface area contributed by atoms with E-state index < -0.39 is 0 Å². The number of benzene rings is 3. The van der Waals surface area contributed by atoms with Crippen molar-refractivity contribution < 1.29 is 9.59 Å². The number of carbonyl (C=O) groups is 2. The summed E-state index contributed by atoms with van der Waals surface area (Å²) in [5, 5.41) is 8.37. The number of carbonyl (C=O) groups excluding carboxylic acids is 2. The number of amides is 2. The van der Waals surface area contributed by atoms with Crippen LogP contribution in [0.15, 0.2) is 103 Å². The third-order valence-corrected chi connectivity index (χ3v) is 7.49. The number of para-hydroxylation sites is 2. The van der Waals surface area contributed by atoms with E-state index >= 15 is 0 Å². The molecule has 0 unspecified atom stereocenters. The Balaban J connectivity index is 1.28. The maximum Gasteiger partial charge on any atom is 0.258 e. The molecule has 0 saturated carbocycles. The first-order valence-electron chi connectivity index (χ1n) is 12.3. The number of fused-ring (bicyclic) bond motifs is 2. The minimum atomic E-state index is -0.191. The number of hydrogen-bond donors (Lipinski definition) is 2. The van der Waals surface area contributed by atoms with E-state index in [1.165, 1.54) is 0 Å². The van der Waals surface area contributed by atoms with Gasteiger partial charge in [0, 0.05) is 39.0 Å². The van der Waals surface area contributed by atoms with Gasteiger partial charge in [-0.25, -0.2) is 4.98 Å². The number of nitrogens with one attached hydrogen (secondary N) is 2. The van der Waals surface area contributed by atoms with Gasteiger partial charge in [-0.2, -0.15) is 0 Å². The molecule has 0 bridgehead atoms. The predicted molar refractivity (Wildman–Crippen MR) is 153 cm³/mol. The Morgan fingerprint density at radius 3 is 2.61 bits per heavy atom. The van der Waals surface area contributed by atoms with Crippen LogP contribution in [0.3, 0.4) is 0 Å². The largest absolute Gasteiger partial charge is 0.338 e. The van der Waals surface area contributed by atoms with Gasteiger partial charge in [0.05, 0.1) is 17.9 Å². The second-order valence-corrected chi connectivity index (χ2v) is 10.00. The Labute approximate surface area is 224 Å². The first-order chi connectivity index (χ1) is 18.6. The molecule has 0 atom stereocenters. The molecule has 0 spiro atoms. The number of rotatable bonds is 4. The van der Waals surface area contributed by atoms with E-state index in [-0.39, 0.29) is 11.8 Å². The van der Waals surface area contributed by atoms with Crippen molar-refractivity contribution in [3.05, 3.63) is 125 Å². The Bertz CT molecular complexity index is 1660. The van der Waals surface area contributed by atoms with Gasteiger partial charge in [-0.15, -0.1) is 11.3 Å². The maximum atomic E-state index is 13.9. The number of aryl methyl sites for hydroxylation is 1. The van der Waals surface area contributed by atoms with Crippen molar-refractivity contribution in [2.75, 3.05) is 15.5 Å². The molecule has 6 nitrogen and oxygen atoms in total. The second kappa shape index (κ2) is 9.95. The van der Waals surface area contributed by atoms with Crippen molar-refractivity contribution in [2.45, 2.75) is 13.5 Å². The van der Waals surface area contributed by atoms with E-state index in [0.29, 0.717) is 23.4 Å². The van der Waals surface area contributed by atoms with Crippen molar-refractivity contribution in [1.82, 2.24) is 4.98 Å². The quantitative estimate of drug-likeness (QED) is 0.263. The lowest BCUT2D eigenvalue weighted by Crippen LogP contribution is -2.30. The van der Waals surface area contributed by atoms with Gasteiger partial charge >= 0.3 is 0 Å². The molecule has 0 saturated heterocycles. The molecule has 1 aliphatic rings. The van der Waals surface area contributed by atoms with Crippen LogP contribution in [-0.4, -0.2) is 16.8 Å². The van der Waals surface area contributed by atoms with E-state index in [2.05, 4.69) is 15.6 Å². The molecule has 5 aromatic rings. The van der Waals surface area contributed by atoms with Crippen LogP contribution in [-0.2, 0) is 6.54 Å². The third kappa shape index (κ3) is 4.44. The Hall–Kier alpha value is -4.75. The highest BCUT2D eigenvalue weighted by Gasteiger charge is 2.26. The fourth-order valence-corrected chi connectivity index (χ4v) is 5.48. The molecule has 3 heterocycles. The molecule has 1 aliphatic heterocycles. The Kier molecular flexibility index (Phi) is 6.19. The zero-order valence-electron chi connectivity index (χ0n) is 20.6. The van der Waals surface area contributed by atoms with Crippen LogP contribution >= 0.6 is 11.3 Å². The summed E-state index contributed by atoms with van der Waals surface area (Å²) < 4.78 is 0. The van der Waals surface area contributed by atoms with Crippen molar-refractivity contribution in [3.8, 4) is 10.4 Å². The van der Waals surface area contributed by atoms with Gasteiger partial charge in [0.15, 0.2) is 0 Å². The normalized spacial score (nSPS) is 12.1.